The van der Waals surface area contributed by atoms with Crippen LogP contribution in [0.3, 0.4) is 0 Å². The van der Waals surface area contributed by atoms with Gasteiger partial charge in [0.05, 0.1) is 12.5 Å². The third kappa shape index (κ3) is 5.09. The maximum Gasteiger partial charge on any atom is 0.391 e. The van der Waals surface area contributed by atoms with Crippen LogP contribution in [0.5, 0.6) is 0 Å². The lowest BCUT2D eigenvalue weighted by Gasteiger charge is -2.38. The van der Waals surface area contributed by atoms with Crippen LogP contribution < -0.4 is 5.73 Å². The monoisotopic (exact) mass is 335 g/mol. The first-order valence-corrected chi connectivity index (χ1v) is 8.14. The van der Waals surface area contributed by atoms with Crippen molar-refractivity contribution in [2.24, 2.45) is 11.7 Å². The van der Waals surface area contributed by atoms with E-state index in [4.69, 9.17) is 5.73 Å². The first kappa shape index (κ1) is 18.0. The van der Waals surface area contributed by atoms with E-state index < -0.39 is 18.0 Å². The fraction of sp³-hybridized carbons (Fsp3) is 0.867. The van der Waals surface area contributed by atoms with Gasteiger partial charge in [-0.2, -0.15) is 13.2 Å². The van der Waals surface area contributed by atoms with Crippen molar-refractivity contribution in [1.82, 2.24) is 9.80 Å². The summed E-state index contributed by atoms with van der Waals surface area (Å²) in [4.78, 5) is 27.0. The second kappa shape index (κ2) is 7.51. The molecule has 2 rings (SSSR count). The zero-order valence-electron chi connectivity index (χ0n) is 13.1. The van der Waals surface area contributed by atoms with E-state index in [-0.39, 0.29) is 50.8 Å². The molecule has 0 aromatic heterocycles. The number of halogens is 3. The van der Waals surface area contributed by atoms with Gasteiger partial charge < -0.3 is 10.6 Å². The Balaban J connectivity index is 1.85. The second-order valence-corrected chi connectivity index (χ2v) is 6.50. The molecule has 0 aromatic carbocycles. The first-order chi connectivity index (χ1) is 10.8. The van der Waals surface area contributed by atoms with Gasteiger partial charge in [0.15, 0.2) is 0 Å². The zero-order valence-corrected chi connectivity index (χ0v) is 13.1. The Hall–Kier alpha value is -1.31. The number of primary amides is 1. The van der Waals surface area contributed by atoms with E-state index in [1.54, 1.807) is 9.80 Å². The van der Waals surface area contributed by atoms with Crippen molar-refractivity contribution in [3.63, 3.8) is 0 Å². The van der Waals surface area contributed by atoms with Gasteiger partial charge in [-0.15, -0.1) is 0 Å². The average molecular weight is 335 g/mol. The van der Waals surface area contributed by atoms with Gasteiger partial charge in [0, 0.05) is 19.0 Å². The zero-order chi connectivity index (χ0) is 17.0. The Labute approximate surface area is 134 Å². The predicted octanol–water partition coefficient (Wildman–Crippen LogP) is 1.52. The molecule has 2 N–H and O–H groups in total. The summed E-state index contributed by atoms with van der Waals surface area (Å²) < 4.78 is 38.0. The third-order valence-corrected chi connectivity index (χ3v) is 4.79. The molecule has 132 valence electrons. The van der Waals surface area contributed by atoms with Crippen LogP contribution in [-0.4, -0.2) is 60.0 Å². The van der Waals surface area contributed by atoms with Crippen LogP contribution in [0, 0.1) is 5.92 Å². The summed E-state index contributed by atoms with van der Waals surface area (Å²) in [5.74, 6) is -1.80. The highest BCUT2D eigenvalue weighted by molar-refractivity contribution is 5.80. The van der Waals surface area contributed by atoms with E-state index in [0.717, 1.165) is 19.3 Å². The molecule has 2 fully saturated rings. The summed E-state index contributed by atoms with van der Waals surface area (Å²) in [5, 5.41) is 0. The number of piperidine rings is 2. The minimum Gasteiger partial charge on any atom is -0.370 e. The Kier molecular flexibility index (Phi) is 5.89. The van der Waals surface area contributed by atoms with E-state index in [2.05, 4.69) is 0 Å². The molecule has 23 heavy (non-hydrogen) atoms. The predicted molar refractivity (Wildman–Crippen MR) is 78.4 cm³/mol. The normalized spacial score (nSPS) is 24.7. The standard InChI is InChI=1S/C15H24F3N3O2/c16-15(17,18)11-4-7-20(8-5-11)10-14(23)21-6-2-1-3-12(21)9-13(19)22/h11-12H,1-10H2,(H2,19,22)/t12-/m1/s1. The summed E-state index contributed by atoms with van der Waals surface area (Å²) in [6.45, 7) is 1.28. The number of amides is 2. The Morgan fingerprint density at radius 2 is 1.70 bits per heavy atom. The molecule has 0 spiro atoms. The lowest BCUT2D eigenvalue weighted by Crippen LogP contribution is -2.50. The summed E-state index contributed by atoms with van der Waals surface area (Å²) in [6, 6.07) is -0.165. The average Bonchev–Trinajstić information content (AvgIpc) is 2.46. The Morgan fingerprint density at radius 3 is 2.26 bits per heavy atom. The number of rotatable bonds is 4. The van der Waals surface area contributed by atoms with Crippen molar-refractivity contribution in [1.29, 1.82) is 0 Å². The lowest BCUT2D eigenvalue weighted by molar-refractivity contribution is -0.185. The van der Waals surface area contributed by atoms with Crippen molar-refractivity contribution in [2.45, 2.75) is 50.7 Å². The van der Waals surface area contributed by atoms with E-state index in [1.165, 1.54) is 0 Å². The van der Waals surface area contributed by atoms with Gasteiger partial charge in [-0.05, 0) is 45.2 Å². The summed E-state index contributed by atoms with van der Waals surface area (Å²) in [7, 11) is 0. The van der Waals surface area contributed by atoms with Crippen LogP contribution in [0.25, 0.3) is 0 Å². The number of carbonyl (C=O) groups is 2. The van der Waals surface area contributed by atoms with Crippen LogP contribution in [0.2, 0.25) is 0 Å². The molecule has 0 radical (unpaired) electrons. The van der Waals surface area contributed by atoms with Gasteiger partial charge in [-0.1, -0.05) is 0 Å². The van der Waals surface area contributed by atoms with Crippen LogP contribution in [0.1, 0.15) is 38.5 Å². The number of nitrogens with two attached hydrogens (primary N) is 1. The van der Waals surface area contributed by atoms with Gasteiger partial charge in [0.25, 0.3) is 0 Å². The van der Waals surface area contributed by atoms with E-state index >= 15 is 0 Å². The quantitative estimate of drug-likeness (QED) is 0.847. The van der Waals surface area contributed by atoms with Crippen molar-refractivity contribution in [3.05, 3.63) is 0 Å². The van der Waals surface area contributed by atoms with Crippen LogP contribution >= 0.6 is 0 Å². The van der Waals surface area contributed by atoms with Crippen molar-refractivity contribution in [3.8, 4) is 0 Å². The number of alkyl halides is 3. The number of carbonyl (C=O) groups excluding carboxylic acids is 2. The topological polar surface area (TPSA) is 66.6 Å². The fourth-order valence-corrected chi connectivity index (χ4v) is 3.47. The van der Waals surface area contributed by atoms with Gasteiger partial charge in [0.2, 0.25) is 11.8 Å². The Morgan fingerprint density at radius 1 is 1.04 bits per heavy atom. The molecule has 0 saturated carbocycles. The molecule has 2 aliphatic rings. The number of hydrogen-bond acceptors (Lipinski definition) is 3. The van der Waals surface area contributed by atoms with Crippen LogP contribution in [-0.2, 0) is 9.59 Å². The number of hydrogen-bond donors (Lipinski definition) is 1. The van der Waals surface area contributed by atoms with E-state index in [1.807, 2.05) is 0 Å². The summed E-state index contributed by atoms with van der Waals surface area (Å²) in [5.41, 5.74) is 5.23. The Bertz CT molecular complexity index is 434. The fourth-order valence-electron chi connectivity index (χ4n) is 3.47. The number of nitrogens with zero attached hydrogens (tertiary/aromatic N) is 2. The molecule has 5 nitrogen and oxygen atoms in total. The maximum atomic E-state index is 12.7. The number of likely N-dealkylation sites (tertiary alicyclic amines) is 2. The van der Waals surface area contributed by atoms with Gasteiger partial charge in [-0.3, -0.25) is 14.5 Å². The SMILES string of the molecule is NC(=O)C[C@H]1CCCCN1C(=O)CN1CCC(C(F)(F)F)CC1. The minimum absolute atomic E-state index is 0.0431. The molecule has 2 amide bonds. The summed E-state index contributed by atoms with van der Waals surface area (Å²) >= 11 is 0. The van der Waals surface area contributed by atoms with Crippen molar-refractivity contribution < 1.29 is 22.8 Å². The first-order valence-electron chi connectivity index (χ1n) is 8.14. The molecule has 2 saturated heterocycles. The highest BCUT2D eigenvalue weighted by Crippen LogP contribution is 2.34. The highest BCUT2D eigenvalue weighted by atomic mass is 19.4. The summed E-state index contributed by atoms with van der Waals surface area (Å²) in [6.07, 6.45) is -1.30. The molecule has 1 atom stereocenters. The van der Waals surface area contributed by atoms with Gasteiger partial charge in [0.1, 0.15) is 0 Å². The van der Waals surface area contributed by atoms with Crippen LogP contribution in [0.4, 0.5) is 13.2 Å². The molecular weight excluding hydrogens is 311 g/mol. The van der Waals surface area contributed by atoms with Crippen molar-refractivity contribution in [2.75, 3.05) is 26.2 Å². The van der Waals surface area contributed by atoms with Crippen LogP contribution in [0.15, 0.2) is 0 Å². The highest BCUT2D eigenvalue weighted by Gasteiger charge is 2.41. The smallest absolute Gasteiger partial charge is 0.370 e. The van der Waals surface area contributed by atoms with Gasteiger partial charge >= 0.3 is 6.18 Å². The molecule has 0 aliphatic carbocycles. The van der Waals surface area contributed by atoms with Crippen molar-refractivity contribution >= 4 is 11.8 Å². The molecule has 8 heteroatoms. The minimum atomic E-state index is -4.14. The van der Waals surface area contributed by atoms with Gasteiger partial charge in [-0.25, -0.2) is 0 Å². The third-order valence-electron chi connectivity index (χ3n) is 4.79. The molecular formula is C15H24F3N3O2. The molecule has 2 aliphatic heterocycles. The molecule has 2 heterocycles. The molecule has 0 bridgehead atoms. The maximum absolute atomic E-state index is 12.7. The van der Waals surface area contributed by atoms with E-state index in [9.17, 15) is 22.8 Å². The largest absolute Gasteiger partial charge is 0.391 e. The lowest BCUT2D eigenvalue weighted by atomic mass is 9.96. The molecule has 0 aromatic rings. The second-order valence-electron chi connectivity index (χ2n) is 6.50. The van der Waals surface area contributed by atoms with E-state index in [0.29, 0.717) is 6.54 Å². The molecule has 0 unspecified atom stereocenters.